The average molecular weight is 448 g/mol. The second-order valence-corrected chi connectivity index (χ2v) is 9.45. The standard InChI is InChI=1S/C21H22ClN3O2S2/c22-16-6-7-19-18(14-16)23-21(29-19)28-15-20(26)25-10-8-24(9-11-25)12-13-27-17-4-2-1-3-5-17/h1-7,14H,8-13,15H2. The van der Waals surface area contributed by atoms with Crippen LogP contribution < -0.4 is 4.74 Å². The van der Waals surface area contributed by atoms with Crippen molar-refractivity contribution >= 4 is 50.8 Å². The number of nitrogens with zero attached hydrogens (tertiary/aromatic N) is 3. The van der Waals surface area contributed by atoms with E-state index in [1.807, 2.05) is 53.4 Å². The molecule has 1 fully saturated rings. The van der Waals surface area contributed by atoms with Crippen molar-refractivity contribution in [2.75, 3.05) is 45.1 Å². The molecule has 1 saturated heterocycles. The smallest absolute Gasteiger partial charge is 0.233 e. The lowest BCUT2D eigenvalue weighted by atomic mass is 10.3. The van der Waals surface area contributed by atoms with Crippen LogP contribution >= 0.6 is 34.7 Å². The minimum absolute atomic E-state index is 0.174. The number of amides is 1. The molecule has 0 radical (unpaired) electrons. The molecular weight excluding hydrogens is 426 g/mol. The summed E-state index contributed by atoms with van der Waals surface area (Å²) < 4.78 is 7.77. The summed E-state index contributed by atoms with van der Waals surface area (Å²) in [5, 5.41) is 0.683. The normalized spacial score (nSPS) is 15.0. The van der Waals surface area contributed by atoms with Crippen molar-refractivity contribution in [2.45, 2.75) is 4.34 Å². The van der Waals surface area contributed by atoms with E-state index in [0.717, 1.165) is 53.0 Å². The number of rotatable bonds is 7. The van der Waals surface area contributed by atoms with E-state index in [0.29, 0.717) is 17.4 Å². The molecular formula is C21H22ClN3O2S2. The van der Waals surface area contributed by atoms with Gasteiger partial charge >= 0.3 is 0 Å². The van der Waals surface area contributed by atoms with E-state index in [2.05, 4.69) is 9.88 Å². The van der Waals surface area contributed by atoms with Crippen molar-refractivity contribution in [3.8, 4) is 5.75 Å². The first-order chi connectivity index (χ1) is 14.2. The van der Waals surface area contributed by atoms with Crippen LogP contribution in [0.5, 0.6) is 5.75 Å². The second-order valence-electron chi connectivity index (χ2n) is 6.76. The third-order valence-corrected chi connectivity index (χ3v) is 7.19. The number of piperazine rings is 1. The van der Waals surface area contributed by atoms with Crippen molar-refractivity contribution in [1.29, 1.82) is 0 Å². The molecule has 2 heterocycles. The fourth-order valence-corrected chi connectivity index (χ4v) is 5.30. The number of halogens is 1. The summed E-state index contributed by atoms with van der Waals surface area (Å²) in [5.41, 5.74) is 0.892. The Morgan fingerprint density at radius 3 is 2.72 bits per heavy atom. The molecule has 1 aromatic heterocycles. The van der Waals surface area contributed by atoms with Crippen LogP contribution in [0.1, 0.15) is 0 Å². The highest BCUT2D eigenvalue weighted by molar-refractivity contribution is 8.01. The van der Waals surface area contributed by atoms with Crippen LogP contribution in [0.15, 0.2) is 52.9 Å². The second kappa shape index (κ2) is 9.80. The van der Waals surface area contributed by atoms with Gasteiger partial charge < -0.3 is 9.64 Å². The number of thioether (sulfide) groups is 1. The minimum atomic E-state index is 0.174. The van der Waals surface area contributed by atoms with Crippen molar-refractivity contribution in [1.82, 2.24) is 14.8 Å². The summed E-state index contributed by atoms with van der Waals surface area (Å²) in [4.78, 5) is 21.4. The van der Waals surface area contributed by atoms with Gasteiger partial charge in [0, 0.05) is 37.7 Å². The highest BCUT2D eigenvalue weighted by atomic mass is 35.5. The maximum atomic E-state index is 12.6. The highest BCUT2D eigenvalue weighted by Crippen LogP contribution is 2.31. The van der Waals surface area contributed by atoms with Crippen LogP contribution in [0.25, 0.3) is 10.2 Å². The number of hydrogen-bond acceptors (Lipinski definition) is 6. The molecule has 0 unspecified atom stereocenters. The average Bonchev–Trinajstić information content (AvgIpc) is 3.15. The maximum absolute atomic E-state index is 12.6. The third-order valence-electron chi connectivity index (χ3n) is 4.79. The number of carbonyl (C=O) groups is 1. The van der Waals surface area contributed by atoms with Gasteiger partial charge in [-0.2, -0.15) is 0 Å². The number of benzene rings is 2. The van der Waals surface area contributed by atoms with E-state index >= 15 is 0 Å². The fraction of sp³-hybridized carbons (Fsp3) is 0.333. The van der Waals surface area contributed by atoms with Gasteiger partial charge in [0.1, 0.15) is 12.4 Å². The molecule has 2 aromatic carbocycles. The molecule has 0 spiro atoms. The van der Waals surface area contributed by atoms with Gasteiger partial charge in [-0.05, 0) is 30.3 Å². The Bertz CT molecular complexity index is 959. The molecule has 5 nitrogen and oxygen atoms in total. The molecule has 1 amide bonds. The van der Waals surface area contributed by atoms with Gasteiger partial charge in [-0.1, -0.05) is 41.6 Å². The Kier molecular flexibility index (Phi) is 6.92. The van der Waals surface area contributed by atoms with Crippen molar-refractivity contribution < 1.29 is 9.53 Å². The van der Waals surface area contributed by atoms with Crippen LogP contribution in [0.4, 0.5) is 0 Å². The number of ether oxygens (including phenoxy) is 1. The Labute approximate surface area is 183 Å². The summed E-state index contributed by atoms with van der Waals surface area (Å²) in [6.45, 7) is 4.83. The zero-order valence-corrected chi connectivity index (χ0v) is 18.3. The number of hydrogen-bond donors (Lipinski definition) is 0. The van der Waals surface area contributed by atoms with Gasteiger partial charge in [-0.25, -0.2) is 4.98 Å². The SMILES string of the molecule is O=C(CSc1nc2cc(Cl)ccc2s1)N1CCN(CCOc2ccccc2)CC1. The topological polar surface area (TPSA) is 45.7 Å². The number of para-hydroxylation sites is 1. The number of fused-ring (bicyclic) bond motifs is 1. The van der Waals surface area contributed by atoms with Gasteiger partial charge in [0.2, 0.25) is 5.91 Å². The van der Waals surface area contributed by atoms with E-state index in [1.165, 1.54) is 11.8 Å². The summed E-state index contributed by atoms with van der Waals surface area (Å²) in [7, 11) is 0. The zero-order valence-electron chi connectivity index (χ0n) is 15.9. The van der Waals surface area contributed by atoms with E-state index in [1.54, 1.807) is 11.3 Å². The van der Waals surface area contributed by atoms with Crippen LogP contribution in [0.3, 0.4) is 0 Å². The Hall–Kier alpha value is -1.80. The lowest BCUT2D eigenvalue weighted by molar-refractivity contribution is -0.130. The summed E-state index contributed by atoms with van der Waals surface area (Å²) in [5.74, 6) is 1.49. The Morgan fingerprint density at radius 2 is 1.93 bits per heavy atom. The van der Waals surface area contributed by atoms with E-state index in [4.69, 9.17) is 16.3 Å². The molecule has 29 heavy (non-hydrogen) atoms. The van der Waals surface area contributed by atoms with Crippen molar-refractivity contribution in [3.63, 3.8) is 0 Å². The van der Waals surface area contributed by atoms with Crippen LogP contribution in [0, 0.1) is 0 Å². The van der Waals surface area contributed by atoms with Gasteiger partial charge in [0.25, 0.3) is 0 Å². The van der Waals surface area contributed by atoms with Crippen LogP contribution in [-0.4, -0.2) is 65.8 Å². The molecule has 0 bridgehead atoms. The van der Waals surface area contributed by atoms with Gasteiger partial charge in [-0.3, -0.25) is 9.69 Å². The molecule has 0 N–H and O–H groups in total. The molecule has 8 heteroatoms. The third kappa shape index (κ3) is 5.63. The molecule has 1 aliphatic rings. The first-order valence-electron chi connectivity index (χ1n) is 9.54. The number of carbonyl (C=O) groups excluding carboxylic acids is 1. The van der Waals surface area contributed by atoms with Gasteiger partial charge in [0.15, 0.2) is 4.34 Å². The lowest BCUT2D eigenvalue weighted by Gasteiger charge is -2.34. The minimum Gasteiger partial charge on any atom is -0.492 e. The van der Waals surface area contributed by atoms with E-state index < -0.39 is 0 Å². The van der Waals surface area contributed by atoms with E-state index in [9.17, 15) is 4.79 Å². The lowest BCUT2D eigenvalue weighted by Crippen LogP contribution is -2.50. The zero-order chi connectivity index (χ0) is 20.1. The van der Waals surface area contributed by atoms with Crippen LogP contribution in [-0.2, 0) is 4.79 Å². The number of thiazole rings is 1. The van der Waals surface area contributed by atoms with Crippen molar-refractivity contribution in [3.05, 3.63) is 53.6 Å². The Balaban J connectivity index is 1.18. The van der Waals surface area contributed by atoms with Crippen molar-refractivity contribution in [2.24, 2.45) is 0 Å². The first-order valence-corrected chi connectivity index (χ1v) is 11.7. The molecule has 152 valence electrons. The summed E-state index contributed by atoms with van der Waals surface area (Å²) in [6, 6.07) is 15.6. The fourth-order valence-electron chi connectivity index (χ4n) is 3.19. The highest BCUT2D eigenvalue weighted by Gasteiger charge is 2.21. The quantitative estimate of drug-likeness (QED) is 0.506. The molecule has 3 aromatic rings. The van der Waals surface area contributed by atoms with E-state index in [-0.39, 0.29) is 5.91 Å². The first kappa shape index (κ1) is 20.5. The molecule has 0 saturated carbocycles. The predicted molar refractivity (Wildman–Crippen MR) is 120 cm³/mol. The van der Waals surface area contributed by atoms with Gasteiger partial charge in [0.05, 0.1) is 16.0 Å². The molecule has 1 aliphatic heterocycles. The van der Waals surface area contributed by atoms with Crippen LogP contribution in [0.2, 0.25) is 5.02 Å². The summed E-state index contributed by atoms with van der Waals surface area (Å²) >= 11 is 9.13. The maximum Gasteiger partial charge on any atom is 0.233 e. The Morgan fingerprint density at radius 1 is 1.14 bits per heavy atom. The molecule has 4 rings (SSSR count). The molecule has 0 atom stereocenters. The molecule has 0 aliphatic carbocycles. The largest absolute Gasteiger partial charge is 0.492 e. The summed E-state index contributed by atoms with van der Waals surface area (Å²) in [6.07, 6.45) is 0. The van der Waals surface area contributed by atoms with Gasteiger partial charge in [-0.15, -0.1) is 11.3 Å². The number of aromatic nitrogens is 1. The monoisotopic (exact) mass is 447 g/mol. The predicted octanol–water partition coefficient (Wildman–Crippen LogP) is 4.27.